The molecule has 0 N–H and O–H groups in total. The predicted octanol–water partition coefficient (Wildman–Crippen LogP) is 4.63. The summed E-state index contributed by atoms with van der Waals surface area (Å²) >= 11 is 0. The maximum Gasteiger partial charge on any atom is 0.190 e. The molecule has 0 heterocycles. The smallest absolute Gasteiger partial charge is 0.190 e. The van der Waals surface area contributed by atoms with Gasteiger partial charge in [0.05, 0.1) is 0 Å². The van der Waals surface area contributed by atoms with E-state index in [1.54, 1.807) is 0 Å². The SMILES string of the molecule is CCO[Si](C)(CC)CC(CCCN(C)C)(CCCN(C)C)CCCN(C)C. The molecule has 0 saturated carbocycles. The van der Waals surface area contributed by atoms with E-state index in [0.29, 0.717) is 5.41 Å². The van der Waals surface area contributed by atoms with Crippen LogP contribution in [0.2, 0.25) is 18.6 Å². The number of nitrogens with zero attached hydrogens (tertiary/aromatic N) is 3. The molecule has 5 heteroatoms. The third kappa shape index (κ3) is 13.0. The Morgan fingerprint density at radius 1 is 0.704 bits per heavy atom. The Morgan fingerprint density at radius 2 is 1.07 bits per heavy atom. The lowest BCUT2D eigenvalue weighted by Crippen LogP contribution is -2.41. The maximum absolute atomic E-state index is 6.42. The average molecular weight is 402 g/mol. The van der Waals surface area contributed by atoms with Crippen molar-refractivity contribution in [3.63, 3.8) is 0 Å². The van der Waals surface area contributed by atoms with Crippen LogP contribution in [0.25, 0.3) is 0 Å². The van der Waals surface area contributed by atoms with Gasteiger partial charge in [0.25, 0.3) is 0 Å². The standard InChI is InChI=1S/C22H51N3OSi/c1-10-26-27(9,11-2)21-22(15-12-18-23(3)4,16-13-19-24(5)6)17-14-20-25(7)8/h10-21H2,1-9H3. The second-order valence-corrected chi connectivity index (χ2v) is 13.9. The molecule has 0 aliphatic heterocycles. The van der Waals surface area contributed by atoms with Gasteiger partial charge in [-0.15, -0.1) is 0 Å². The molecule has 0 radical (unpaired) electrons. The summed E-state index contributed by atoms with van der Waals surface area (Å²) in [5.41, 5.74) is 0.453. The van der Waals surface area contributed by atoms with Crippen LogP contribution in [-0.2, 0) is 4.43 Å². The van der Waals surface area contributed by atoms with Gasteiger partial charge >= 0.3 is 0 Å². The highest BCUT2D eigenvalue weighted by Gasteiger charge is 2.39. The number of hydrogen-bond donors (Lipinski definition) is 0. The lowest BCUT2D eigenvalue weighted by Gasteiger charge is -2.41. The Bertz CT molecular complexity index is 327. The van der Waals surface area contributed by atoms with Gasteiger partial charge in [0.15, 0.2) is 8.32 Å². The lowest BCUT2D eigenvalue weighted by molar-refractivity contribution is 0.187. The molecule has 1 unspecified atom stereocenters. The normalized spacial score (nSPS) is 15.1. The number of rotatable bonds is 17. The van der Waals surface area contributed by atoms with Crippen LogP contribution < -0.4 is 0 Å². The first-order valence-corrected chi connectivity index (χ1v) is 14.0. The average Bonchev–Trinajstić information content (AvgIpc) is 2.54. The van der Waals surface area contributed by atoms with Gasteiger partial charge in [-0.05, 0) is 131 Å². The van der Waals surface area contributed by atoms with Crippen LogP contribution in [0.3, 0.4) is 0 Å². The zero-order valence-electron chi connectivity index (χ0n) is 20.2. The summed E-state index contributed by atoms with van der Waals surface area (Å²) in [6.45, 7) is 11.5. The van der Waals surface area contributed by atoms with Crippen molar-refractivity contribution in [1.29, 1.82) is 0 Å². The fourth-order valence-corrected chi connectivity index (χ4v) is 7.74. The highest BCUT2D eigenvalue weighted by atomic mass is 28.4. The Kier molecular flexibility index (Phi) is 14.1. The summed E-state index contributed by atoms with van der Waals surface area (Å²) in [4.78, 5) is 7.01. The van der Waals surface area contributed by atoms with E-state index < -0.39 is 8.32 Å². The molecular formula is C22H51N3OSi. The summed E-state index contributed by atoms with van der Waals surface area (Å²) in [6.07, 6.45) is 7.96. The first-order valence-electron chi connectivity index (χ1n) is 11.2. The Labute approximate surface area is 172 Å². The van der Waals surface area contributed by atoms with Gasteiger partial charge in [0.2, 0.25) is 0 Å². The molecule has 0 fully saturated rings. The molecule has 4 nitrogen and oxygen atoms in total. The van der Waals surface area contributed by atoms with Crippen molar-refractivity contribution >= 4 is 8.32 Å². The van der Waals surface area contributed by atoms with Crippen molar-refractivity contribution in [1.82, 2.24) is 14.7 Å². The van der Waals surface area contributed by atoms with E-state index in [2.05, 4.69) is 77.4 Å². The van der Waals surface area contributed by atoms with E-state index >= 15 is 0 Å². The highest BCUT2D eigenvalue weighted by molar-refractivity contribution is 6.72. The Balaban J connectivity index is 5.36. The molecule has 0 spiro atoms. The first kappa shape index (κ1) is 27.1. The van der Waals surface area contributed by atoms with Crippen molar-refractivity contribution in [3.05, 3.63) is 0 Å². The molecule has 0 rings (SSSR count). The fraction of sp³-hybridized carbons (Fsp3) is 1.00. The third-order valence-electron chi connectivity index (χ3n) is 5.93. The van der Waals surface area contributed by atoms with E-state index in [0.717, 1.165) is 6.61 Å². The molecule has 0 aliphatic rings. The zero-order chi connectivity index (χ0) is 20.9. The molecular weight excluding hydrogens is 350 g/mol. The summed E-state index contributed by atoms with van der Waals surface area (Å²) in [5, 5.41) is 0. The van der Waals surface area contributed by atoms with Gasteiger partial charge in [-0.1, -0.05) is 6.92 Å². The van der Waals surface area contributed by atoms with Crippen LogP contribution in [0.5, 0.6) is 0 Å². The molecule has 164 valence electrons. The molecule has 0 aromatic rings. The van der Waals surface area contributed by atoms with Crippen LogP contribution in [0.1, 0.15) is 52.4 Å². The summed E-state index contributed by atoms with van der Waals surface area (Å²) < 4.78 is 6.42. The Hall–Kier alpha value is 0.0569. The second-order valence-electron chi connectivity index (χ2n) is 9.63. The topological polar surface area (TPSA) is 19.0 Å². The van der Waals surface area contributed by atoms with Crippen LogP contribution in [-0.4, -0.2) is 91.5 Å². The summed E-state index contributed by atoms with van der Waals surface area (Å²) in [5.74, 6) is 0. The molecule has 27 heavy (non-hydrogen) atoms. The van der Waals surface area contributed by atoms with Crippen molar-refractivity contribution in [2.24, 2.45) is 5.41 Å². The van der Waals surface area contributed by atoms with Crippen molar-refractivity contribution in [3.8, 4) is 0 Å². The van der Waals surface area contributed by atoms with Gasteiger partial charge in [-0.25, -0.2) is 0 Å². The van der Waals surface area contributed by atoms with Crippen LogP contribution in [0, 0.1) is 5.41 Å². The van der Waals surface area contributed by atoms with E-state index in [1.807, 2.05) is 0 Å². The molecule has 0 saturated heterocycles. The molecule has 0 amide bonds. The summed E-state index contributed by atoms with van der Waals surface area (Å²) in [7, 11) is 11.6. The summed E-state index contributed by atoms with van der Waals surface area (Å²) in [6, 6.07) is 2.57. The van der Waals surface area contributed by atoms with E-state index in [1.165, 1.54) is 70.2 Å². The van der Waals surface area contributed by atoms with Crippen LogP contribution >= 0.6 is 0 Å². The van der Waals surface area contributed by atoms with Gasteiger partial charge in [-0.3, -0.25) is 0 Å². The largest absolute Gasteiger partial charge is 0.417 e. The highest BCUT2D eigenvalue weighted by Crippen LogP contribution is 2.44. The van der Waals surface area contributed by atoms with Crippen LogP contribution in [0.4, 0.5) is 0 Å². The van der Waals surface area contributed by atoms with E-state index in [-0.39, 0.29) is 0 Å². The van der Waals surface area contributed by atoms with Crippen molar-refractivity contribution < 1.29 is 4.43 Å². The monoisotopic (exact) mass is 401 g/mol. The van der Waals surface area contributed by atoms with Crippen molar-refractivity contribution in [2.45, 2.75) is 71.0 Å². The molecule has 1 atom stereocenters. The van der Waals surface area contributed by atoms with E-state index in [9.17, 15) is 0 Å². The van der Waals surface area contributed by atoms with E-state index in [4.69, 9.17) is 4.43 Å². The Morgan fingerprint density at radius 3 is 1.33 bits per heavy atom. The minimum atomic E-state index is -1.63. The van der Waals surface area contributed by atoms with Gasteiger partial charge < -0.3 is 19.1 Å². The van der Waals surface area contributed by atoms with Gasteiger partial charge in [0, 0.05) is 6.61 Å². The maximum atomic E-state index is 6.42. The zero-order valence-corrected chi connectivity index (χ0v) is 21.2. The molecule has 0 aliphatic carbocycles. The van der Waals surface area contributed by atoms with Crippen LogP contribution in [0.15, 0.2) is 0 Å². The minimum absolute atomic E-state index is 0.453. The minimum Gasteiger partial charge on any atom is -0.417 e. The number of hydrogen-bond acceptors (Lipinski definition) is 4. The fourth-order valence-electron chi connectivity index (χ4n) is 4.37. The molecule has 0 aromatic heterocycles. The quantitative estimate of drug-likeness (QED) is 0.331. The van der Waals surface area contributed by atoms with Gasteiger partial charge in [-0.2, -0.15) is 0 Å². The third-order valence-corrected chi connectivity index (χ3v) is 9.91. The second kappa shape index (κ2) is 14.1. The molecule has 0 aromatic carbocycles. The molecule has 0 bridgehead atoms. The van der Waals surface area contributed by atoms with Crippen molar-refractivity contribution in [2.75, 3.05) is 68.5 Å². The lowest BCUT2D eigenvalue weighted by atomic mass is 9.76. The van der Waals surface area contributed by atoms with Gasteiger partial charge in [0.1, 0.15) is 0 Å². The predicted molar refractivity (Wildman–Crippen MR) is 124 cm³/mol. The first-order chi connectivity index (χ1) is 12.6.